The fraction of sp³-hybridized carbons (Fsp3) is 0.0556. The van der Waals surface area contributed by atoms with Gasteiger partial charge < -0.3 is 4.57 Å². The van der Waals surface area contributed by atoms with E-state index in [4.69, 9.17) is 0 Å². The van der Waals surface area contributed by atoms with Crippen molar-refractivity contribution in [3.63, 3.8) is 0 Å². The Morgan fingerprint density at radius 1 is 1.00 bits per heavy atom. The van der Waals surface area contributed by atoms with Gasteiger partial charge in [0.25, 0.3) is 0 Å². The normalized spacial score (nSPS) is 10.0. The van der Waals surface area contributed by atoms with Crippen molar-refractivity contribution >= 4 is 17.2 Å². The molecule has 2 aromatic carbocycles. The van der Waals surface area contributed by atoms with Gasteiger partial charge in [-0.25, -0.2) is 0 Å². The van der Waals surface area contributed by atoms with Crippen molar-refractivity contribution in [3.05, 3.63) is 71.9 Å². The lowest BCUT2D eigenvalue weighted by Gasteiger charge is -1.98. The third kappa shape index (κ3) is 2.48. The van der Waals surface area contributed by atoms with Gasteiger partial charge in [0, 0.05) is 22.8 Å². The summed E-state index contributed by atoms with van der Waals surface area (Å²) in [5, 5.41) is 1.23. The lowest BCUT2D eigenvalue weighted by Crippen LogP contribution is -1.92. The number of para-hydroxylation sites is 1. The van der Waals surface area contributed by atoms with E-state index in [1.54, 1.807) is 12.1 Å². The van der Waals surface area contributed by atoms with Gasteiger partial charge in [0.15, 0.2) is 0 Å². The molecule has 0 atom stereocenters. The molecule has 0 bridgehead atoms. The van der Waals surface area contributed by atoms with E-state index >= 15 is 0 Å². The molecule has 0 aliphatic rings. The van der Waals surface area contributed by atoms with Crippen LogP contribution in [-0.4, -0.2) is 10.9 Å². The summed E-state index contributed by atoms with van der Waals surface area (Å²) in [6, 6.07) is 17.6. The number of aldehydes is 1. The Hall–Kier alpha value is -2.79. The van der Waals surface area contributed by atoms with Gasteiger partial charge in [-0.1, -0.05) is 42.2 Å². The molecule has 0 aliphatic carbocycles. The van der Waals surface area contributed by atoms with Gasteiger partial charge in [-0.3, -0.25) is 4.79 Å². The second-order valence-corrected chi connectivity index (χ2v) is 4.54. The molecule has 0 radical (unpaired) electrons. The Labute approximate surface area is 117 Å². The Kier molecular flexibility index (Phi) is 3.34. The summed E-state index contributed by atoms with van der Waals surface area (Å²) >= 11 is 0. The van der Waals surface area contributed by atoms with Gasteiger partial charge in [-0.05, 0) is 29.7 Å². The van der Waals surface area contributed by atoms with Crippen molar-refractivity contribution in [1.29, 1.82) is 0 Å². The first-order valence-corrected chi connectivity index (χ1v) is 6.45. The lowest BCUT2D eigenvalue weighted by atomic mass is 10.1. The number of fused-ring (bicyclic) bond motifs is 1. The van der Waals surface area contributed by atoms with Crippen LogP contribution in [0.3, 0.4) is 0 Å². The molecule has 0 fully saturated rings. The molecular weight excluding hydrogens is 246 g/mol. The van der Waals surface area contributed by atoms with Crippen LogP contribution in [0.4, 0.5) is 0 Å². The molecule has 3 aromatic rings. The minimum Gasteiger partial charge on any atom is -0.336 e. The number of benzene rings is 2. The molecule has 2 heteroatoms. The minimum atomic E-state index is 0.656. The SMILES string of the molecule is O=Cc1ccc(C#CCn2ccc3ccccc32)cc1. The summed E-state index contributed by atoms with van der Waals surface area (Å²) in [6.45, 7) is 0.656. The van der Waals surface area contributed by atoms with Crippen LogP contribution < -0.4 is 0 Å². The van der Waals surface area contributed by atoms with E-state index in [0.29, 0.717) is 12.1 Å². The third-order valence-electron chi connectivity index (χ3n) is 3.21. The average Bonchev–Trinajstić information content (AvgIpc) is 2.92. The molecule has 1 aromatic heterocycles. The first-order chi connectivity index (χ1) is 9.86. The van der Waals surface area contributed by atoms with Crippen LogP contribution in [0.1, 0.15) is 15.9 Å². The van der Waals surface area contributed by atoms with Gasteiger partial charge in [0.1, 0.15) is 6.29 Å². The molecule has 2 nitrogen and oxygen atoms in total. The number of nitrogens with zero attached hydrogens (tertiary/aromatic N) is 1. The number of carbonyl (C=O) groups excluding carboxylic acids is 1. The second-order valence-electron chi connectivity index (χ2n) is 4.54. The maximum Gasteiger partial charge on any atom is 0.150 e. The highest BCUT2D eigenvalue weighted by molar-refractivity contribution is 5.80. The standard InChI is InChI=1S/C18H13NO/c20-14-16-9-7-15(8-10-16)4-3-12-19-13-11-17-5-1-2-6-18(17)19/h1-2,5-11,13-14H,12H2. The van der Waals surface area contributed by atoms with Gasteiger partial charge in [-0.15, -0.1) is 0 Å². The smallest absolute Gasteiger partial charge is 0.150 e. The lowest BCUT2D eigenvalue weighted by molar-refractivity contribution is 0.112. The van der Waals surface area contributed by atoms with Crippen LogP contribution in [0.5, 0.6) is 0 Å². The maximum absolute atomic E-state index is 10.6. The van der Waals surface area contributed by atoms with Crippen molar-refractivity contribution in [2.75, 3.05) is 0 Å². The van der Waals surface area contributed by atoms with Crippen LogP contribution in [0, 0.1) is 11.8 Å². The van der Waals surface area contributed by atoms with Crippen LogP contribution >= 0.6 is 0 Å². The molecule has 0 unspecified atom stereocenters. The highest BCUT2D eigenvalue weighted by atomic mass is 16.1. The van der Waals surface area contributed by atoms with Crippen LogP contribution in [0.2, 0.25) is 0 Å². The predicted molar refractivity (Wildman–Crippen MR) is 80.6 cm³/mol. The molecule has 0 spiro atoms. The van der Waals surface area contributed by atoms with E-state index in [1.165, 1.54) is 10.9 Å². The molecule has 0 aliphatic heterocycles. The van der Waals surface area contributed by atoms with Gasteiger partial charge in [0.2, 0.25) is 0 Å². The van der Waals surface area contributed by atoms with E-state index < -0.39 is 0 Å². The van der Waals surface area contributed by atoms with Crippen LogP contribution in [0.15, 0.2) is 60.8 Å². The van der Waals surface area contributed by atoms with Crippen molar-refractivity contribution in [1.82, 2.24) is 4.57 Å². The van der Waals surface area contributed by atoms with Gasteiger partial charge in [-0.2, -0.15) is 0 Å². The van der Waals surface area contributed by atoms with Crippen LogP contribution in [0.25, 0.3) is 10.9 Å². The zero-order chi connectivity index (χ0) is 13.8. The van der Waals surface area contributed by atoms with Gasteiger partial charge >= 0.3 is 0 Å². The van der Waals surface area contributed by atoms with E-state index in [2.05, 4.69) is 40.8 Å². The average molecular weight is 259 g/mol. The van der Waals surface area contributed by atoms with E-state index in [-0.39, 0.29) is 0 Å². The van der Waals surface area contributed by atoms with Crippen molar-refractivity contribution < 1.29 is 4.79 Å². The van der Waals surface area contributed by atoms with Crippen molar-refractivity contribution in [3.8, 4) is 11.8 Å². The Morgan fingerprint density at radius 3 is 2.60 bits per heavy atom. The highest BCUT2D eigenvalue weighted by Crippen LogP contribution is 2.14. The van der Waals surface area contributed by atoms with Crippen LogP contribution in [-0.2, 0) is 6.54 Å². The molecule has 0 amide bonds. The zero-order valence-electron chi connectivity index (χ0n) is 10.9. The predicted octanol–water partition coefficient (Wildman–Crippen LogP) is 3.51. The number of aromatic nitrogens is 1. The summed E-state index contributed by atoms with van der Waals surface area (Å²) in [6.07, 6.45) is 2.89. The minimum absolute atomic E-state index is 0.656. The summed E-state index contributed by atoms with van der Waals surface area (Å²) in [7, 11) is 0. The van der Waals surface area contributed by atoms with E-state index in [9.17, 15) is 4.79 Å². The molecule has 0 N–H and O–H groups in total. The molecule has 0 saturated heterocycles. The zero-order valence-corrected chi connectivity index (χ0v) is 10.9. The van der Waals surface area contributed by atoms with E-state index in [0.717, 1.165) is 11.8 Å². The largest absolute Gasteiger partial charge is 0.336 e. The summed E-state index contributed by atoms with van der Waals surface area (Å²) in [5.74, 6) is 6.27. The molecule has 0 saturated carbocycles. The Morgan fingerprint density at radius 2 is 1.80 bits per heavy atom. The highest BCUT2D eigenvalue weighted by Gasteiger charge is 1.97. The first kappa shape index (κ1) is 12.3. The topological polar surface area (TPSA) is 22.0 Å². The fourth-order valence-corrected chi connectivity index (χ4v) is 2.15. The van der Waals surface area contributed by atoms with E-state index in [1.807, 2.05) is 24.3 Å². The number of rotatable bonds is 2. The Bertz CT molecular complexity index is 801. The molecule has 1 heterocycles. The molecule has 3 rings (SSSR count). The fourth-order valence-electron chi connectivity index (χ4n) is 2.15. The van der Waals surface area contributed by atoms with Crippen molar-refractivity contribution in [2.24, 2.45) is 0 Å². The number of hydrogen-bond acceptors (Lipinski definition) is 1. The molecule has 20 heavy (non-hydrogen) atoms. The molecular formula is C18H13NO. The monoisotopic (exact) mass is 259 g/mol. The third-order valence-corrected chi connectivity index (χ3v) is 3.21. The number of carbonyl (C=O) groups is 1. The summed E-state index contributed by atoms with van der Waals surface area (Å²) < 4.78 is 2.13. The second kappa shape index (κ2) is 5.46. The first-order valence-electron chi connectivity index (χ1n) is 6.45. The summed E-state index contributed by atoms with van der Waals surface area (Å²) in [4.78, 5) is 10.6. The maximum atomic E-state index is 10.6. The van der Waals surface area contributed by atoms with Gasteiger partial charge in [0.05, 0.1) is 6.54 Å². The van der Waals surface area contributed by atoms with Crippen molar-refractivity contribution in [2.45, 2.75) is 6.54 Å². The quantitative estimate of drug-likeness (QED) is 0.510. The Balaban J connectivity index is 1.79. The summed E-state index contributed by atoms with van der Waals surface area (Å²) in [5.41, 5.74) is 2.79. The number of hydrogen-bond donors (Lipinski definition) is 0. The molecule has 96 valence electrons.